The van der Waals surface area contributed by atoms with Crippen molar-refractivity contribution in [2.24, 2.45) is 0 Å². The van der Waals surface area contributed by atoms with Gasteiger partial charge in [0, 0.05) is 18.2 Å². The third kappa shape index (κ3) is 4.88. The first kappa shape index (κ1) is 14.0. The molecular weight excluding hydrogens is 246 g/mol. The van der Waals surface area contributed by atoms with Crippen molar-refractivity contribution in [1.29, 1.82) is 0 Å². The zero-order chi connectivity index (χ0) is 13.5. The van der Waals surface area contributed by atoms with Crippen LogP contribution in [0.3, 0.4) is 0 Å². The second-order valence-electron chi connectivity index (χ2n) is 3.51. The third-order valence-corrected chi connectivity index (χ3v) is 2.05. The van der Waals surface area contributed by atoms with E-state index in [4.69, 9.17) is 5.11 Å². The van der Waals surface area contributed by atoms with Crippen molar-refractivity contribution in [3.63, 3.8) is 0 Å². The van der Waals surface area contributed by atoms with E-state index in [-0.39, 0.29) is 18.7 Å². The number of carbonyl (C=O) groups is 2. The van der Waals surface area contributed by atoms with Crippen molar-refractivity contribution < 1.29 is 23.5 Å². The van der Waals surface area contributed by atoms with Gasteiger partial charge < -0.3 is 15.7 Å². The smallest absolute Gasteiger partial charge is 0.322 e. The van der Waals surface area contributed by atoms with Crippen LogP contribution in [0.2, 0.25) is 0 Å². The van der Waals surface area contributed by atoms with E-state index in [1.54, 1.807) is 0 Å². The summed E-state index contributed by atoms with van der Waals surface area (Å²) in [6.07, 6.45) is 0. The highest BCUT2D eigenvalue weighted by atomic mass is 19.1. The molecule has 0 aliphatic rings. The molecule has 0 aromatic heterocycles. The Kier molecular flexibility index (Phi) is 5.19. The minimum absolute atomic E-state index is 0.0482. The van der Waals surface area contributed by atoms with Gasteiger partial charge in [0.1, 0.15) is 18.2 Å². The molecule has 1 rings (SSSR count). The van der Waals surface area contributed by atoms with Crippen molar-refractivity contribution in [2.75, 3.05) is 13.1 Å². The van der Waals surface area contributed by atoms with Gasteiger partial charge in [0.2, 0.25) is 5.91 Å². The Bertz CT molecular complexity index is 452. The van der Waals surface area contributed by atoms with E-state index in [9.17, 15) is 18.4 Å². The zero-order valence-corrected chi connectivity index (χ0v) is 9.37. The SMILES string of the molecule is O=C(O)CNC(=O)CNCc1ccc(F)cc1F. The Morgan fingerprint density at radius 1 is 1.22 bits per heavy atom. The van der Waals surface area contributed by atoms with E-state index in [0.717, 1.165) is 12.1 Å². The van der Waals surface area contributed by atoms with E-state index in [2.05, 4.69) is 10.6 Å². The first-order chi connectivity index (χ1) is 8.49. The van der Waals surface area contributed by atoms with Gasteiger partial charge in [-0.1, -0.05) is 6.07 Å². The fourth-order valence-electron chi connectivity index (χ4n) is 1.21. The Balaban J connectivity index is 2.33. The molecule has 0 aliphatic carbocycles. The lowest BCUT2D eigenvalue weighted by Crippen LogP contribution is -2.36. The van der Waals surface area contributed by atoms with Gasteiger partial charge in [0.05, 0.1) is 6.54 Å². The monoisotopic (exact) mass is 258 g/mol. The van der Waals surface area contributed by atoms with Crippen LogP contribution in [-0.4, -0.2) is 30.1 Å². The Morgan fingerprint density at radius 2 is 1.94 bits per heavy atom. The van der Waals surface area contributed by atoms with E-state index in [0.29, 0.717) is 0 Å². The average Bonchev–Trinajstić information content (AvgIpc) is 2.29. The number of carbonyl (C=O) groups excluding carboxylic acids is 1. The van der Waals surface area contributed by atoms with Gasteiger partial charge in [-0.15, -0.1) is 0 Å². The minimum atomic E-state index is -1.15. The largest absolute Gasteiger partial charge is 0.480 e. The summed E-state index contributed by atoms with van der Waals surface area (Å²) in [6, 6.07) is 3.14. The Labute approximate surface area is 102 Å². The second-order valence-corrected chi connectivity index (χ2v) is 3.51. The molecular formula is C11H12F2N2O3. The van der Waals surface area contributed by atoms with Crippen LogP contribution in [-0.2, 0) is 16.1 Å². The number of benzene rings is 1. The molecule has 0 heterocycles. The van der Waals surface area contributed by atoms with Crippen molar-refractivity contribution in [3.8, 4) is 0 Å². The van der Waals surface area contributed by atoms with Gasteiger partial charge >= 0.3 is 5.97 Å². The van der Waals surface area contributed by atoms with Crippen LogP contribution in [0, 0.1) is 11.6 Å². The van der Waals surface area contributed by atoms with Gasteiger partial charge in [0.25, 0.3) is 0 Å². The number of carboxylic acids is 1. The standard InChI is InChI=1S/C11H12F2N2O3/c12-8-2-1-7(9(13)3-8)4-14-5-10(16)15-6-11(17)18/h1-3,14H,4-6H2,(H,15,16)(H,17,18). The number of carboxylic acid groups (broad SMARTS) is 1. The van der Waals surface area contributed by atoms with Crippen LogP contribution >= 0.6 is 0 Å². The summed E-state index contributed by atoms with van der Waals surface area (Å²) in [5.74, 6) is -3.03. The lowest BCUT2D eigenvalue weighted by molar-refractivity contribution is -0.137. The van der Waals surface area contributed by atoms with Gasteiger partial charge in [0.15, 0.2) is 0 Å². The fraction of sp³-hybridized carbons (Fsp3) is 0.273. The maximum Gasteiger partial charge on any atom is 0.322 e. The average molecular weight is 258 g/mol. The van der Waals surface area contributed by atoms with Gasteiger partial charge in [-0.25, -0.2) is 8.78 Å². The normalized spacial score (nSPS) is 10.1. The summed E-state index contributed by atoms with van der Waals surface area (Å²) in [7, 11) is 0. The van der Waals surface area contributed by atoms with Gasteiger partial charge in [-0.3, -0.25) is 9.59 Å². The van der Waals surface area contributed by atoms with Gasteiger partial charge in [-0.2, -0.15) is 0 Å². The molecule has 0 saturated carbocycles. The van der Waals surface area contributed by atoms with Crippen molar-refractivity contribution >= 4 is 11.9 Å². The highest BCUT2D eigenvalue weighted by Crippen LogP contribution is 2.08. The molecule has 0 radical (unpaired) electrons. The second kappa shape index (κ2) is 6.65. The molecule has 0 fully saturated rings. The molecule has 0 aliphatic heterocycles. The molecule has 1 aromatic rings. The molecule has 1 aromatic carbocycles. The maximum atomic E-state index is 13.2. The summed E-state index contributed by atoms with van der Waals surface area (Å²) in [5.41, 5.74) is 0.224. The quantitative estimate of drug-likeness (QED) is 0.683. The molecule has 7 heteroatoms. The van der Waals surface area contributed by atoms with Crippen LogP contribution in [0.5, 0.6) is 0 Å². The first-order valence-electron chi connectivity index (χ1n) is 5.12. The van der Waals surface area contributed by atoms with Crippen LogP contribution < -0.4 is 10.6 Å². The number of hydrogen-bond donors (Lipinski definition) is 3. The predicted molar refractivity (Wildman–Crippen MR) is 58.7 cm³/mol. The number of aliphatic carboxylic acids is 1. The van der Waals surface area contributed by atoms with E-state index < -0.39 is 30.1 Å². The van der Waals surface area contributed by atoms with Crippen LogP contribution in [0.4, 0.5) is 8.78 Å². The summed E-state index contributed by atoms with van der Waals surface area (Å²) in [4.78, 5) is 21.2. The molecule has 0 bridgehead atoms. The molecule has 0 atom stereocenters. The number of rotatable bonds is 6. The van der Waals surface area contributed by atoms with E-state index in [1.165, 1.54) is 6.07 Å². The minimum Gasteiger partial charge on any atom is -0.480 e. The first-order valence-corrected chi connectivity index (χ1v) is 5.12. The van der Waals surface area contributed by atoms with Crippen LogP contribution in [0.1, 0.15) is 5.56 Å². The molecule has 98 valence electrons. The maximum absolute atomic E-state index is 13.2. The van der Waals surface area contributed by atoms with Crippen LogP contribution in [0.15, 0.2) is 18.2 Å². The van der Waals surface area contributed by atoms with Crippen molar-refractivity contribution in [1.82, 2.24) is 10.6 Å². The number of halogens is 2. The summed E-state index contributed by atoms with van der Waals surface area (Å²) in [6.45, 7) is -0.567. The Morgan fingerprint density at radius 3 is 2.56 bits per heavy atom. The van der Waals surface area contributed by atoms with Gasteiger partial charge in [-0.05, 0) is 6.07 Å². The van der Waals surface area contributed by atoms with Crippen molar-refractivity contribution in [3.05, 3.63) is 35.4 Å². The summed E-state index contributed by atoms with van der Waals surface area (Å²) >= 11 is 0. The Hall–Kier alpha value is -2.02. The fourth-order valence-corrected chi connectivity index (χ4v) is 1.21. The molecule has 0 spiro atoms. The highest BCUT2D eigenvalue weighted by Gasteiger charge is 2.06. The van der Waals surface area contributed by atoms with E-state index in [1.807, 2.05) is 0 Å². The predicted octanol–water partition coefficient (Wildman–Crippen LogP) is 0.255. The lowest BCUT2D eigenvalue weighted by atomic mass is 10.2. The molecule has 5 nitrogen and oxygen atoms in total. The highest BCUT2D eigenvalue weighted by molar-refractivity contribution is 5.82. The molecule has 18 heavy (non-hydrogen) atoms. The number of hydrogen-bond acceptors (Lipinski definition) is 3. The number of amides is 1. The molecule has 1 amide bonds. The zero-order valence-electron chi connectivity index (χ0n) is 9.37. The van der Waals surface area contributed by atoms with E-state index >= 15 is 0 Å². The third-order valence-electron chi connectivity index (χ3n) is 2.05. The summed E-state index contributed by atoms with van der Waals surface area (Å²) in [5, 5.41) is 13.1. The van der Waals surface area contributed by atoms with Crippen molar-refractivity contribution in [2.45, 2.75) is 6.54 Å². The summed E-state index contributed by atoms with van der Waals surface area (Å²) < 4.78 is 25.8. The molecule has 3 N–H and O–H groups in total. The molecule has 0 unspecified atom stereocenters. The topological polar surface area (TPSA) is 78.4 Å². The lowest BCUT2D eigenvalue weighted by Gasteiger charge is -2.06. The molecule has 0 saturated heterocycles. The number of nitrogens with one attached hydrogen (secondary N) is 2. The van der Waals surface area contributed by atoms with Crippen LogP contribution in [0.25, 0.3) is 0 Å².